The average molecular weight is 757 g/mol. The van der Waals surface area contributed by atoms with Gasteiger partial charge in [0, 0.05) is 59.1 Å². The number of thiophene rings is 1. The van der Waals surface area contributed by atoms with E-state index in [1.165, 1.54) is 55.1 Å². The van der Waals surface area contributed by atoms with Crippen molar-refractivity contribution in [1.82, 2.24) is 19.1 Å². The number of fused-ring (bicyclic) bond motifs is 18. The monoisotopic (exact) mass is 756 g/mol. The fourth-order valence-corrected chi connectivity index (χ4v) is 10.9. The lowest BCUT2D eigenvalue weighted by Gasteiger charge is -2.14. The van der Waals surface area contributed by atoms with Gasteiger partial charge in [-0.25, -0.2) is 9.97 Å². The summed E-state index contributed by atoms with van der Waals surface area (Å²) < 4.78 is 12.8. The zero-order valence-electron chi connectivity index (χ0n) is 30.8. The maximum atomic E-state index is 6.73. The summed E-state index contributed by atoms with van der Waals surface area (Å²) in [6.45, 7) is 0. The van der Waals surface area contributed by atoms with Crippen LogP contribution in [-0.2, 0) is 0 Å². The van der Waals surface area contributed by atoms with E-state index in [-0.39, 0.29) is 0 Å². The maximum absolute atomic E-state index is 6.73. The van der Waals surface area contributed by atoms with Gasteiger partial charge in [0.25, 0.3) is 0 Å². The molecule has 0 amide bonds. The van der Waals surface area contributed by atoms with Crippen molar-refractivity contribution >= 4 is 97.3 Å². The van der Waals surface area contributed by atoms with Crippen molar-refractivity contribution in [3.05, 3.63) is 170 Å². The van der Waals surface area contributed by atoms with Crippen LogP contribution in [0.2, 0.25) is 0 Å². The van der Waals surface area contributed by atoms with Crippen molar-refractivity contribution in [3.63, 3.8) is 0 Å². The molecule has 1 aliphatic heterocycles. The van der Waals surface area contributed by atoms with Gasteiger partial charge in [-0.05, 0) is 53.6 Å². The molecular formula is C52H28N4OS. The molecule has 0 saturated carbocycles. The Morgan fingerprint density at radius 2 is 1.12 bits per heavy atom. The van der Waals surface area contributed by atoms with Crippen LogP contribution in [0.1, 0.15) is 0 Å². The molecule has 13 aromatic rings. The Hall–Kier alpha value is -7.54. The maximum Gasteiger partial charge on any atom is 0.166 e. The van der Waals surface area contributed by atoms with Gasteiger partial charge in [0.2, 0.25) is 0 Å². The van der Waals surface area contributed by atoms with Gasteiger partial charge in [0.05, 0.1) is 27.8 Å². The number of benzene rings is 8. The normalized spacial score (nSPS) is 12.5. The van der Waals surface area contributed by atoms with E-state index in [4.69, 9.17) is 14.4 Å². The van der Waals surface area contributed by atoms with Gasteiger partial charge in [-0.3, -0.25) is 4.57 Å². The van der Waals surface area contributed by atoms with Crippen LogP contribution in [0.15, 0.2) is 174 Å². The summed E-state index contributed by atoms with van der Waals surface area (Å²) in [6.07, 6.45) is 0. The second kappa shape index (κ2) is 11.1. The molecule has 0 bridgehead atoms. The topological polar surface area (TPSA) is 48.8 Å². The number of aromatic nitrogens is 4. The molecule has 268 valence electrons. The lowest BCUT2D eigenvalue weighted by Crippen LogP contribution is -2.03. The molecule has 8 aromatic carbocycles. The van der Waals surface area contributed by atoms with E-state index in [1.54, 1.807) is 11.3 Å². The van der Waals surface area contributed by atoms with Gasteiger partial charge in [-0.2, -0.15) is 0 Å². The zero-order chi connectivity index (χ0) is 37.6. The fourth-order valence-electron chi connectivity index (χ4n) is 9.93. The summed E-state index contributed by atoms with van der Waals surface area (Å²) in [6, 6.07) is 61.0. The van der Waals surface area contributed by atoms with Crippen LogP contribution in [0, 0.1) is 0 Å². The second-order valence-corrected chi connectivity index (χ2v) is 16.3. The minimum Gasteiger partial charge on any atom is -0.455 e. The predicted octanol–water partition coefficient (Wildman–Crippen LogP) is 14.3. The minimum absolute atomic E-state index is 0.777. The van der Waals surface area contributed by atoms with Crippen LogP contribution in [0.5, 0.6) is 0 Å². The predicted molar refractivity (Wildman–Crippen MR) is 241 cm³/mol. The summed E-state index contributed by atoms with van der Waals surface area (Å²) in [7, 11) is 0. The number of furan rings is 1. The van der Waals surface area contributed by atoms with Crippen molar-refractivity contribution in [1.29, 1.82) is 0 Å². The molecule has 1 aliphatic rings. The van der Waals surface area contributed by atoms with Gasteiger partial charge in [-0.15, -0.1) is 11.3 Å². The van der Waals surface area contributed by atoms with E-state index in [2.05, 4.69) is 167 Å². The Balaban J connectivity index is 1.21. The van der Waals surface area contributed by atoms with Crippen LogP contribution in [-0.4, -0.2) is 19.1 Å². The van der Waals surface area contributed by atoms with Gasteiger partial charge < -0.3 is 8.98 Å². The van der Waals surface area contributed by atoms with Crippen molar-refractivity contribution < 1.29 is 4.42 Å². The number of nitrogens with zero attached hydrogens (tertiary/aromatic N) is 4. The van der Waals surface area contributed by atoms with Crippen LogP contribution < -0.4 is 0 Å². The molecule has 0 saturated heterocycles. The van der Waals surface area contributed by atoms with Gasteiger partial charge in [-0.1, -0.05) is 127 Å². The molecular weight excluding hydrogens is 729 g/mol. The van der Waals surface area contributed by atoms with Gasteiger partial charge >= 0.3 is 0 Å². The van der Waals surface area contributed by atoms with Gasteiger partial charge in [0.15, 0.2) is 5.82 Å². The zero-order valence-corrected chi connectivity index (χ0v) is 31.6. The minimum atomic E-state index is 0.777. The van der Waals surface area contributed by atoms with Crippen LogP contribution >= 0.6 is 11.3 Å². The third-order valence-corrected chi connectivity index (χ3v) is 13.3. The third kappa shape index (κ3) is 3.85. The summed E-state index contributed by atoms with van der Waals surface area (Å²) in [5.41, 5.74) is 14.9. The van der Waals surface area contributed by atoms with E-state index >= 15 is 0 Å². The summed E-state index contributed by atoms with van der Waals surface area (Å²) in [4.78, 5) is 12.2. The summed E-state index contributed by atoms with van der Waals surface area (Å²) >= 11 is 1.69. The van der Waals surface area contributed by atoms with Crippen molar-refractivity contribution in [2.45, 2.75) is 0 Å². The molecule has 0 aliphatic carbocycles. The standard InChI is InChI=1S/C52H28N4OS/c1-2-18-33-29(14-1)30-15-3-8-23-39(30)55-40-24-9-4-16-31(40)38-28-42-45(46(33)49(38)55)35-19-5-10-25-41(35)56(42)51-47(53-48-36-20-7-12-27-44(36)58-52(48)54-51)37-22-13-21-34-32-17-6-11-26-43(32)57-50(34)37/h1-28H. The number of rotatable bonds is 2. The largest absolute Gasteiger partial charge is 0.455 e. The Morgan fingerprint density at radius 1 is 0.466 bits per heavy atom. The van der Waals surface area contributed by atoms with E-state index in [1.807, 2.05) is 12.1 Å². The van der Waals surface area contributed by atoms with E-state index in [0.717, 1.165) is 75.9 Å². The lowest BCUT2D eigenvalue weighted by molar-refractivity contribution is 0.669. The Kier molecular flexibility index (Phi) is 5.85. The highest BCUT2D eigenvalue weighted by Crippen LogP contribution is 2.52. The highest BCUT2D eigenvalue weighted by molar-refractivity contribution is 7.25. The smallest absolute Gasteiger partial charge is 0.166 e. The Morgan fingerprint density at radius 3 is 2.00 bits per heavy atom. The molecule has 0 unspecified atom stereocenters. The first-order valence-electron chi connectivity index (χ1n) is 19.6. The van der Waals surface area contributed by atoms with E-state index < -0.39 is 0 Å². The van der Waals surface area contributed by atoms with E-state index in [0.29, 0.717) is 0 Å². The van der Waals surface area contributed by atoms with Crippen LogP contribution in [0.4, 0.5) is 0 Å². The van der Waals surface area contributed by atoms with Gasteiger partial charge in [0.1, 0.15) is 27.2 Å². The van der Waals surface area contributed by atoms with Crippen molar-refractivity contribution in [2.24, 2.45) is 0 Å². The molecule has 0 radical (unpaired) electrons. The SMILES string of the molecule is c1ccc2c(c1)-c1ccccc1-n1c3ccccc3c3cc4c(c-2c31)c1ccccc1n4-c1nc2sc3ccccc3c2nc1-c1cccc2c1oc1ccccc12. The molecule has 0 atom stereocenters. The first-order valence-corrected chi connectivity index (χ1v) is 20.4. The lowest BCUT2D eigenvalue weighted by atomic mass is 9.91. The molecule has 5 aromatic heterocycles. The summed E-state index contributed by atoms with van der Waals surface area (Å²) in [5, 5.41) is 8.02. The highest BCUT2D eigenvalue weighted by atomic mass is 32.1. The Labute approximate surface area is 334 Å². The number of hydrogen-bond acceptors (Lipinski definition) is 4. The Bertz CT molecular complexity index is 3940. The number of hydrogen-bond donors (Lipinski definition) is 0. The molecule has 5 nitrogen and oxygen atoms in total. The molecule has 0 spiro atoms. The molecule has 0 fully saturated rings. The quantitative estimate of drug-likeness (QED) is 0.176. The highest BCUT2D eigenvalue weighted by Gasteiger charge is 2.30. The first-order chi connectivity index (χ1) is 28.8. The number of para-hydroxylation sites is 5. The molecule has 6 heteroatoms. The van der Waals surface area contributed by atoms with Crippen molar-refractivity contribution in [2.75, 3.05) is 0 Å². The second-order valence-electron chi connectivity index (χ2n) is 15.2. The molecule has 6 heterocycles. The van der Waals surface area contributed by atoms with Crippen molar-refractivity contribution in [3.8, 4) is 45.0 Å². The van der Waals surface area contributed by atoms with Crippen LogP contribution in [0.25, 0.3) is 131 Å². The third-order valence-electron chi connectivity index (χ3n) is 12.3. The molecule has 58 heavy (non-hydrogen) atoms. The van der Waals surface area contributed by atoms with E-state index in [9.17, 15) is 0 Å². The summed E-state index contributed by atoms with van der Waals surface area (Å²) in [5.74, 6) is 0.777. The fraction of sp³-hybridized carbons (Fsp3) is 0. The molecule has 14 rings (SSSR count). The molecule has 0 N–H and O–H groups in total. The first kappa shape index (κ1) is 30.7. The van der Waals surface area contributed by atoms with Crippen LogP contribution in [0.3, 0.4) is 0 Å². The average Bonchev–Trinajstić information content (AvgIpc) is 4.01.